The van der Waals surface area contributed by atoms with Gasteiger partial charge in [0.05, 0.1) is 17.5 Å². The molecule has 2 heterocycles. The molecule has 1 atom stereocenters. The van der Waals surface area contributed by atoms with E-state index in [1.807, 2.05) is 31.6 Å². The van der Waals surface area contributed by atoms with Crippen molar-refractivity contribution in [3.8, 4) is 0 Å². The maximum Gasteiger partial charge on any atom is 0.253 e. The van der Waals surface area contributed by atoms with Crippen molar-refractivity contribution in [3.63, 3.8) is 0 Å². The van der Waals surface area contributed by atoms with Crippen molar-refractivity contribution in [3.05, 3.63) is 23.5 Å². The van der Waals surface area contributed by atoms with Gasteiger partial charge in [-0.15, -0.1) is 0 Å². The molecule has 0 saturated carbocycles. The normalized spacial score (nSPS) is 12.9. The number of nitrogens with one attached hydrogen (secondary N) is 2. The van der Waals surface area contributed by atoms with Gasteiger partial charge in [-0.2, -0.15) is 5.10 Å². The van der Waals surface area contributed by atoms with Gasteiger partial charge in [-0.1, -0.05) is 0 Å². The first-order valence-corrected chi connectivity index (χ1v) is 7.24. The SMILES string of the molecule is CNC(C)CNC(=O)c1cc2cnn(C(C)C)c2nc1C. The zero-order valence-electron chi connectivity index (χ0n) is 13.3. The fraction of sp³-hybridized carbons (Fsp3) is 0.533. The van der Waals surface area contributed by atoms with Crippen LogP contribution in [0, 0.1) is 6.92 Å². The van der Waals surface area contributed by atoms with E-state index in [4.69, 9.17) is 0 Å². The van der Waals surface area contributed by atoms with Crippen LogP contribution in [0.15, 0.2) is 12.3 Å². The number of likely N-dealkylation sites (N-methyl/N-ethyl adjacent to an activating group) is 1. The van der Waals surface area contributed by atoms with Crippen LogP contribution in [0.1, 0.15) is 42.9 Å². The Kier molecular flexibility index (Phi) is 4.57. The molecule has 0 radical (unpaired) electrons. The fourth-order valence-corrected chi connectivity index (χ4v) is 2.12. The average Bonchev–Trinajstić information content (AvgIpc) is 2.86. The van der Waals surface area contributed by atoms with Gasteiger partial charge in [0.25, 0.3) is 5.91 Å². The molecule has 0 aliphatic rings. The van der Waals surface area contributed by atoms with Gasteiger partial charge >= 0.3 is 0 Å². The summed E-state index contributed by atoms with van der Waals surface area (Å²) >= 11 is 0. The van der Waals surface area contributed by atoms with E-state index in [0.717, 1.165) is 16.7 Å². The Labute approximate surface area is 124 Å². The molecule has 6 nitrogen and oxygen atoms in total. The largest absolute Gasteiger partial charge is 0.350 e. The minimum atomic E-state index is -0.0960. The Bertz CT molecular complexity index is 647. The second-order valence-electron chi connectivity index (χ2n) is 5.62. The second kappa shape index (κ2) is 6.22. The van der Waals surface area contributed by atoms with Gasteiger partial charge in [0.15, 0.2) is 5.65 Å². The van der Waals surface area contributed by atoms with Gasteiger partial charge in [0, 0.05) is 24.0 Å². The number of carbonyl (C=O) groups excluding carboxylic acids is 1. The summed E-state index contributed by atoms with van der Waals surface area (Å²) in [6.45, 7) is 8.57. The van der Waals surface area contributed by atoms with Crippen molar-refractivity contribution < 1.29 is 4.79 Å². The van der Waals surface area contributed by atoms with Crippen LogP contribution in [0.25, 0.3) is 11.0 Å². The van der Waals surface area contributed by atoms with E-state index in [1.165, 1.54) is 0 Å². The van der Waals surface area contributed by atoms with Crippen LogP contribution in [0.3, 0.4) is 0 Å². The summed E-state index contributed by atoms with van der Waals surface area (Å²) in [5, 5.41) is 11.2. The van der Waals surface area contributed by atoms with Crippen LogP contribution >= 0.6 is 0 Å². The van der Waals surface area contributed by atoms with Crippen LogP contribution < -0.4 is 10.6 Å². The lowest BCUT2D eigenvalue weighted by Gasteiger charge is -2.13. The Morgan fingerprint density at radius 3 is 2.71 bits per heavy atom. The highest BCUT2D eigenvalue weighted by Crippen LogP contribution is 2.19. The number of nitrogens with zero attached hydrogens (tertiary/aromatic N) is 3. The average molecular weight is 289 g/mol. The Hall–Kier alpha value is -1.95. The molecule has 2 aromatic rings. The van der Waals surface area contributed by atoms with Gasteiger partial charge < -0.3 is 10.6 Å². The third-order valence-corrected chi connectivity index (χ3v) is 3.56. The number of fused-ring (bicyclic) bond motifs is 1. The lowest BCUT2D eigenvalue weighted by Crippen LogP contribution is -2.37. The molecule has 2 rings (SSSR count). The number of hydrogen-bond acceptors (Lipinski definition) is 4. The van der Waals surface area contributed by atoms with Gasteiger partial charge in [-0.3, -0.25) is 4.79 Å². The van der Waals surface area contributed by atoms with Gasteiger partial charge in [-0.25, -0.2) is 9.67 Å². The Morgan fingerprint density at radius 2 is 2.10 bits per heavy atom. The van der Waals surface area contributed by atoms with Crippen molar-refractivity contribution in [1.82, 2.24) is 25.4 Å². The number of amides is 1. The molecule has 1 amide bonds. The first-order valence-electron chi connectivity index (χ1n) is 7.24. The van der Waals surface area contributed by atoms with Crippen molar-refractivity contribution in [2.45, 2.75) is 39.8 Å². The molecule has 0 bridgehead atoms. The maximum absolute atomic E-state index is 12.3. The molecule has 6 heteroatoms. The third-order valence-electron chi connectivity index (χ3n) is 3.56. The highest BCUT2D eigenvalue weighted by Gasteiger charge is 2.15. The molecule has 0 fully saturated rings. The molecule has 0 aliphatic heterocycles. The van der Waals surface area contributed by atoms with E-state index in [9.17, 15) is 4.79 Å². The molecule has 0 aliphatic carbocycles. The van der Waals surface area contributed by atoms with Crippen molar-refractivity contribution >= 4 is 16.9 Å². The summed E-state index contributed by atoms with van der Waals surface area (Å²) in [7, 11) is 1.87. The second-order valence-corrected chi connectivity index (χ2v) is 5.62. The molecule has 0 spiro atoms. The number of hydrogen-bond donors (Lipinski definition) is 2. The minimum Gasteiger partial charge on any atom is -0.350 e. The summed E-state index contributed by atoms with van der Waals surface area (Å²) in [6.07, 6.45) is 1.76. The smallest absolute Gasteiger partial charge is 0.253 e. The van der Waals surface area contributed by atoms with E-state index in [-0.39, 0.29) is 18.0 Å². The van der Waals surface area contributed by atoms with E-state index in [0.29, 0.717) is 12.1 Å². The first kappa shape index (κ1) is 15.4. The predicted molar refractivity (Wildman–Crippen MR) is 83.5 cm³/mol. The van der Waals surface area contributed by atoms with Gasteiger partial charge in [-0.05, 0) is 40.8 Å². The molecule has 0 saturated heterocycles. The van der Waals surface area contributed by atoms with Crippen molar-refractivity contribution in [2.75, 3.05) is 13.6 Å². The quantitative estimate of drug-likeness (QED) is 0.878. The van der Waals surface area contributed by atoms with Crippen LogP contribution in [0.5, 0.6) is 0 Å². The Balaban J connectivity index is 2.29. The minimum absolute atomic E-state index is 0.0960. The monoisotopic (exact) mass is 289 g/mol. The lowest BCUT2D eigenvalue weighted by atomic mass is 10.1. The highest BCUT2D eigenvalue weighted by molar-refractivity contribution is 5.98. The van der Waals surface area contributed by atoms with Crippen LogP contribution in [0.4, 0.5) is 0 Å². The van der Waals surface area contributed by atoms with Crippen LogP contribution in [-0.4, -0.2) is 40.3 Å². The number of rotatable bonds is 5. The summed E-state index contributed by atoms with van der Waals surface area (Å²) < 4.78 is 1.87. The van der Waals surface area contributed by atoms with E-state index < -0.39 is 0 Å². The highest BCUT2D eigenvalue weighted by atomic mass is 16.1. The summed E-state index contributed by atoms with van der Waals surface area (Å²) in [5.74, 6) is -0.0960. The van der Waals surface area contributed by atoms with Gasteiger partial charge in [0.1, 0.15) is 0 Å². The molecule has 114 valence electrons. The molecular formula is C15H23N5O. The van der Waals surface area contributed by atoms with E-state index in [1.54, 1.807) is 6.20 Å². The Morgan fingerprint density at radius 1 is 1.38 bits per heavy atom. The van der Waals surface area contributed by atoms with Crippen molar-refractivity contribution in [1.29, 1.82) is 0 Å². The first-order chi connectivity index (χ1) is 9.93. The fourth-order valence-electron chi connectivity index (χ4n) is 2.12. The van der Waals surface area contributed by atoms with Crippen molar-refractivity contribution in [2.24, 2.45) is 0 Å². The summed E-state index contributed by atoms with van der Waals surface area (Å²) in [5.41, 5.74) is 2.15. The van der Waals surface area contributed by atoms with E-state index in [2.05, 4.69) is 34.6 Å². The zero-order chi connectivity index (χ0) is 15.6. The maximum atomic E-state index is 12.3. The third kappa shape index (κ3) is 3.21. The molecule has 21 heavy (non-hydrogen) atoms. The lowest BCUT2D eigenvalue weighted by molar-refractivity contribution is 0.0949. The van der Waals surface area contributed by atoms with Crippen LogP contribution in [0.2, 0.25) is 0 Å². The molecule has 0 aromatic carbocycles. The zero-order valence-corrected chi connectivity index (χ0v) is 13.3. The molecule has 2 N–H and O–H groups in total. The summed E-state index contributed by atoms with van der Waals surface area (Å²) in [4.78, 5) is 16.8. The number of aromatic nitrogens is 3. The topological polar surface area (TPSA) is 71.8 Å². The standard InChI is InChI=1S/C15H23N5O/c1-9(2)20-14-12(8-18-20)6-13(11(4)19-14)15(21)17-7-10(3)16-5/h6,8-10,16H,7H2,1-5H3,(H,17,21). The van der Waals surface area contributed by atoms with E-state index >= 15 is 0 Å². The van der Waals surface area contributed by atoms with Crippen LogP contribution in [-0.2, 0) is 0 Å². The number of aryl methyl sites for hydroxylation is 1. The molecule has 2 aromatic heterocycles. The number of carbonyl (C=O) groups is 1. The predicted octanol–water partition coefficient (Wildman–Crippen LogP) is 1.66. The number of pyridine rings is 1. The van der Waals surface area contributed by atoms with Gasteiger partial charge in [0.2, 0.25) is 0 Å². The summed E-state index contributed by atoms with van der Waals surface area (Å²) in [6, 6.07) is 2.34. The molecule has 1 unspecified atom stereocenters. The molecular weight excluding hydrogens is 266 g/mol.